The van der Waals surface area contributed by atoms with E-state index >= 15 is 0 Å². The van der Waals surface area contributed by atoms with Crippen molar-refractivity contribution in [3.63, 3.8) is 0 Å². The number of anilines is 1. The summed E-state index contributed by atoms with van der Waals surface area (Å²) in [7, 11) is -3.95. The van der Waals surface area contributed by atoms with Crippen molar-refractivity contribution in [3.05, 3.63) is 62.1 Å². The maximum atomic E-state index is 12.5. The average Bonchev–Trinajstić information content (AvgIpc) is 2.53. The highest BCUT2D eigenvalue weighted by atomic mass is 35.5. The number of amides is 1. The lowest BCUT2D eigenvalue weighted by atomic mass is 10.2. The minimum atomic E-state index is -3.95. The van der Waals surface area contributed by atoms with E-state index in [4.69, 9.17) is 23.2 Å². The fourth-order valence-corrected chi connectivity index (χ4v) is 4.26. The zero-order valence-corrected chi connectivity index (χ0v) is 16.5. The maximum Gasteiger partial charge on any atom is 0.269 e. The molecule has 2 aromatic carbocycles. The first-order valence-electron chi connectivity index (χ1n) is 7.58. The molecule has 1 amide bonds. The van der Waals surface area contributed by atoms with Crippen molar-refractivity contribution in [2.45, 2.75) is 24.8 Å². The number of sulfonamides is 1. The van der Waals surface area contributed by atoms with Gasteiger partial charge in [0.1, 0.15) is 4.90 Å². The molecule has 0 saturated carbocycles. The highest BCUT2D eigenvalue weighted by Crippen LogP contribution is 2.29. The Labute approximate surface area is 165 Å². The number of halogens is 2. The highest BCUT2D eigenvalue weighted by Gasteiger charge is 2.23. The number of nitrogens with zero attached hydrogens (tertiary/aromatic N) is 1. The van der Waals surface area contributed by atoms with Crippen LogP contribution in [0.3, 0.4) is 0 Å². The Hall–Kier alpha value is -2.20. The van der Waals surface area contributed by atoms with Crippen LogP contribution >= 0.6 is 23.2 Å². The summed E-state index contributed by atoms with van der Waals surface area (Å²) in [6, 6.07) is 7.01. The zero-order valence-electron chi connectivity index (χ0n) is 14.2. The molecule has 0 saturated heterocycles. The summed E-state index contributed by atoms with van der Waals surface area (Å²) in [4.78, 5) is 22.3. The number of nitro groups is 1. The van der Waals surface area contributed by atoms with Gasteiger partial charge in [-0.05, 0) is 38.1 Å². The van der Waals surface area contributed by atoms with E-state index in [0.717, 1.165) is 6.07 Å². The molecule has 0 aliphatic rings. The van der Waals surface area contributed by atoms with E-state index < -0.39 is 20.9 Å². The molecule has 0 aromatic heterocycles. The molecule has 0 atom stereocenters. The standard InChI is InChI=1S/C16H15Cl2N3O5S/c1-9(2)20-27(25,26)15-7-12(13(17)8-14(15)18)16(22)19-10-3-5-11(6-4-10)21(23)24/h3-9,20H,1-2H3,(H,19,22). The molecule has 0 radical (unpaired) electrons. The van der Waals surface area contributed by atoms with Gasteiger partial charge in [0.15, 0.2) is 0 Å². The maximum absolute atomic E-state index is 12.5. The number of carbonyl (C=O) groups excluding carboxylic acids is 1. The van der Waals surface area contributed by atoms with Gasteiger partial charge in [-0.1, -0.05) is 23.2 Å². The zero-order chi connectivity index (χ0) is 20.4. The molecule has 0 heterocycles. The van der Waals surface area contributed by atoms with Crippen molar-refractivity contribution in [1.82, 2.24) is 4.72 Å². The smallest absolute Gasteiger partial charge is 0.269 e. The molecule has 0 fully saturated rings. The lowest BCUT2D eigenvalue weighted by Crippen LogP contribution is -2.30. The Morgan fingerprint density at radius 1 is 1.11 bits per heavy atom. The fraction of sp³-hybridized carbons (Fsp3) is 0.188. The van der Waals surface area contributed by atoms with Gasteiger partial charge in [0.25, 0.3) is 11.6 Å². The summed E-state index contributed by atoms with van der Waals surface area (Å²) >= 11 is 12.0. The van der Waals surface area contributed by atoms with Crippen LogP contribution in [0.25, 0.3) is 0 Å². The summed E-state index contributed by atoms with van der Waals surface area (Å²) in [6.45, 7) is 3.28. The van der Waals surface area contributed by atoms with Crippen molar-refractivity contribution in [3.8, 4) is 0 Å². The molecular weight excluding hydrogens is 417 g/mol. The van der Waals surface area contributed by atoms with Gasteiger partial charge in [0.2, 0.25) is 10.0 Å². The van der Waals surface area contributed by atoms with Crippen LogP contribution in [-0.2, 0) is 10.0 Å². The van der Waals surface area contributed by atoms with Crippen LogP contribution in [0.5, 0.6) is 0 Å². The van der Waals surface area contributed by atoms with E-state index in [1.807, 2.05) is 0 Å². The van der Waals surface area contributed by atoms with E-state index in [2.05, 4.69) is 10.0 Å². The molecule has 27 heavy (non-hydrogen) atoms. The molecule has 2 rings (SSSR count). The lowest BCUT2D eigenvalue weighted by Gasteiger charge is -2.13. The fourth-order valence-electron chi connectivity index (χ4n) is 2.15. The normalized spacial score (nSPS) is 11.4. The molecular formula is C16H15Cl2N3O5S. The molecule has 0 spiro atoms. The molecule has 2 aromatic rings. The molecule has 8 nitrogen and oxygen atoms in total. The minimum Gasteiger partial charge on any atom is -0.322 e. The first-order valence-corrected chi connectivity index (χ1v) is 9.82. The largest absolute Gasteiger partial charge is 0.322 e. The summed E-state index contributed by atoms with van der Waals surface area (Å²) in [5.74, 6) is -0.688. The topological polar surface area (TPSA) is 118 Å². The van der Waals surface area contributed by atoms with Gasteiger partial charge in [0.05, 0.1) is 20.5 Å². The summed E-state index contributed by atoms with van der Waals surface area (Å²) in [5, 5.41) is 13.0. The van der Waals surface area contributed by atoms with Crippen LogP contribution < -0.4 is 10.0 Å². The van der Waals surface area contributed by atoms with Gasteiger partial charge in [-0.3, -0.25) is 14.9 Å². The Bertz CT molecular complexity index is 992. The minimum absolute atomic E-state index is 0.0390. The summed E-state index contributed by atoms with van der Waals surface area (Å²) in [6.07, 6.45) is 0. The third-order valence-corrected chi connectivity index (χ3v) is 5.72. The van der Waals surface area contributed by atoms with Crippen LogP contribution in [-0.4, -0.2) is 25.3 Å². The Balaban J connectivity index is 2.36. The van der Waals surface area contributed by atoms with Crippen LogP contribution in [0.4, 0.5) is 11.4 Å². The predicted octanol–water partition coefficient (Wildman–Crippen LogP) is 3.84. The van der Waals surface area contributed by atoms with Gasteiger partial charge in [-0.25, -0.2) is 13.1 Å². The van der Waals surface area contributed by atoms with Crippen molar-refractivity contribution >= 4 is 50.5 Å². The number of hydrogen-bond acceptors (Lipinski definition) is 5. The van der Waals surface area contributed by atoms with Gasteiger partial charge in [-0.2, -0.15) is 0 Å². The highest BCUT2D eigenvalue weighted by molar-refractivity contribution is 7.89. The molecule has 0 bridgehead atoms. The molecule has 11 heteroatoms. The second kappa shape index (κ2) is 8.22. The van der Waals surface area contributed by atoms with Crippen LogP contribution in [0, 0.1) is 10.1 Å². The summed E-state index contributed by atoms with van der Waals surface area (Å²) in [5.41, 5.74) is 0.0375. The van der Waals surface area contributed by atoms with E-state index in [1.165, 1.54) is 30.3 Å². The van der Waals surface area contributed by atoms with Crippen LogP contribution in [0.2, 0.25) is 10.0 Å². The number of nitrogens with one attached hydrogen (secondary N) is 2. The average molecular weight is 432 g/mol. The third kappa shape index (κ3) is 5.16. The quantitative estimate of drug-likeness (QED) is 0.531. The monoisotopic (exact) mass is 431 g/mol. The molecule has 0 unspecified atom stereocenters. The molecule has 2 N–H and O–H groups in total. The Morgan fingerprint density at radius 2 is 1.70 bits per heavy atom. The number of carbonyl (C=O) groups is 1. The van der Waals surface area contributed by atoms with Crippen molar-refractivity contribution in [2.75, 3.05) is 5.32 Å². The summed E-state index contributed by atoms with van der Waals surface area (Å²) < 4.78 is 27.1. The van der Waals surface area contributed by atoms with Crippen molar-refractivity contribution in [2.24, 2.45) is 0 Å². The Kier molecular flexibility index (Phi) is 6.42. The molecule has 0 aliphatic carbocycles. The number of benzene rings is 2. The predicted molar refractivity (Wildman–Crippen MR) is 103 cm³/mol. The number of hydrogen-bond donors (Lipinski definition) is 2. The van der Waals surface area contributed by atoms with Crippen LogP contribution in [0.1, 0.15) is 24.2 Å². The van der Waals surface area contributed by atoms with Gasteiger partial charge >= 0.3 is 0 Å². The first kappa shape index (κ1) is 21.1. The van der Waals surface area contributed by atoms with E-state index in [-0.39, 0.29) is 37.9 Å². The van der Waals surface area contributed by atoms with Crippen molar-refractivity contribution in [1.29, 1.82) is 0 Å². The van der Waals surface area contributed by atoms with Gasteiger partial charge < -0.3 is 5.32 Å². The van der Waals surface area contributed by atoms with Crippen molar-refractivity contribution < 1.29 is 18.1 Å². The molecule has 144 valence electrons. The second-order valence-corrected chi connectivity index (χ2v) is 8.29. The number of non-ortho nitro benzene ring substituents is 1. The number of nitro benzene ring substituents is 1. The van der Waals surface area contributed by atoms with Crippen LogP contribution in [0.15, 0.2) is 41.3 Å². The van der Waals surface area contributed by atoms with Gasteiger partial charge in [0, 0.05) is 23.9 Å². The lowest BCUT2D eigenvalue weighted by molar-refractivity contribution is -0.384. The SMILES string of the molecule is CC(C)NS(=O)(=O)c1cc(C(=O)Nc2ccc([N+](=O)[O-])cc2)c(Cl)cc1Cl. The van der Waals surface area contributed by atoms with E-state index in [9.17, 15) is 23.3 Å². The Morgan fingerprint density at radius 3 is 2.22 bits per heavy atom. The van der Waals surface area contributed by atoms with E-state index in [0.29, 0.717) is 0 Å². The first-order chi connectivity index (χ1) is 12.5. The number of rotatable bonds is 6. The van der Waals surface area contributed by atoms with E-state index in [1.54, 1.807) is 13.8 Å². The third-order valence-electron chi connectivity index (χ3n) is 3.28. The second-order valence-electron chi connectivity index (χ2n) is 5.80. The van der Waals surface area contributed by atoms with Gasteiger partial charge in [-0.15, -0.1) is 0 Å². The molecule has 0 aliphatic heterocycles.